The van der Waals surface area contributed by atoms with E-state index in [9.17, 15) is 8.42 Å². The minimum Gasteiger partial charge on any atom is -0.394 e. The largest absolute Gasteiger partial charge is 0.394 e. The summed E-state index contributed by atoms with van der Waals surface area (Å²) in [6.45, 7) is 2.90. The lowest BCUT2D eigenvalue weighted by atomic mass is 10.1. The van der Waals surface area contributed by atoms with E-state index < -0.39 is 10.0 Å². The fourth-order valence-corrected chi connectivity index (χ4v) is 3.72. The number of aliphatic hydroxyl groups is 1. The number of rotatable bonds is 6. The molecule has 1 aromatic heterocycles. The zero-order valence-corrected chi connectivity index (χ0v) is 12.3. The molecule has 114 valence electrons. The van der Waals surface area contributed by atoms with Gasteiger partial charge in [-0.05, 0) is 19.8 Å². The average molecular weight is 304 g/mol. The Balaban J connectivity index is 1.88. The number of piperidine rings is 1. The summed E-state index contributed by atoms with van der Waals surface area (Å²) < 4.78 is 36.3. The number of aryl methyl sites for hydroxylation is 1. The molecule has 0 atom stereocenters. The van der Waals surface area contributed by atoms with Gasteiger partial charge in [0.05, 0.1) is 19.3 Å². The van der Waals surface area contributed by atoms with E-state index >= 15 is 0 Å². The molecule has 1 aliphatic rings. The lowest BCUT2D eigenvalue weighted by Crippen LogP contribution is -2.41. The molecular formula is C12H20N2O5S. The second-order valence-electron chi connectivity index (χ2n) is 4.88. The third-order valence-electron chi connectivity index (χ3n) is 3.25. The molecule has 20 heavy (non-hydrogen) atoms. The Labute approximate surface area is 118 Å². The van der Waals surface area contributed by atoms with Crippen molar-refractivity contribution in [2.24, 2.45) is 0 Å². The molecule has 1 N–H and O–H groups in total. The zero-order chi connectivity index (χ0) is 14.6. The molecule has 0 radical (unpaired) electrons. The normalized spacial score (nSPS) is 18.5. The zero-order valence-electron chi connectivity index (χ0n) is 11.5. The maximum absolute atomic E-state index is 12.2. The van der Waals surface area contributed by atoms with E-state index in [-0.39, 0.29) is 18.5 Å². The summed E-state index contributed by atoms with van der Waals surface area (Å²) in [5.41, 5.74) is 0.432. The SMILES string of the molecule is Cc1cc(CS(=O)(=O)N2CCC(OCCO)CC2)no1. The average Bonchev–Trinajstić information content (AvgIpc) is 2.81. The summed E-state index contributed by atoms with van der Waals surface area (Å²) >= 11 is 0. The lowest BCUT2D eigenvalue weighted by molar-refractivity contribution is 0.00316. The van der Waals surface area contributed by atoms with Gasteiger partial charge in [0.25, 0.3) is 0 Å². The van der Waals surface area contributed by atoms with Crippen molar-refractivity contribution in [1.82, 2.24) is 9.46 Å². The molecule has 2 heterocycles. The highest BCUT2D eigenvalue weighted by Gasteiger charge is 2.29. The standard InChI is InChI=1S/C12H20N2O5S/c1-10-8-11(13-19-10)9-20(16,17)14-4-2-12(3-5-14)18-7-6-15/h8,12,15H,2-7,9H2,1H3. The summed E-state index contributed by atoms with van der Waals surface area (Å²) in [7, 11) is -3.36. The maximum Gasteiger partial charge on any atom is 0.219 e. The van der Waals surface area contributed by atoms with Gasteiger partial charge in [-0.1, -0.05) is 5.16 Å². The minimum atomic E-state index is -3.36. The number of aliphatic hydroxyl groups excluding tert-OH is 1. The number of ether oxygens (including phenoxy) is 1. The second-order valence-corrected chi connectivity index (χ2v) is 6.85. The highest BCUT2D eigenvalue weighted by Crippen LogP contribution is 2.19. The van der Waals surface area contributed by atoms with Crippen LogP contribution in [0.2, 0.25) is 0 Å². The van der Waals surface area contributed by atoms with Gasteiger partial charge in [0.1, 0.15) is 17.2 Å². The van der Waals surface area contributed by atoms with Crippen molar-refractivity contribution in [3.8, 4) is 0 Å². The third kappa shape index (κ3) is 4.02. The molecule has 0 spiro atoms. The predicted octanol–water partition coefficient (Wildman–Crippen LogP) is 0.286. The van der Waals surface area contributed by atoms with Crippen LogP contribution in [-0.2, 0) is 20.5 Å². The Morgan fingerprint density at radius 2 is 2.20 bits per heavy atom. The highest BCUT2D eigenvalue weighted by atomic mass is 32.2. The van der Waals surface area contributed by atoms with E-state index in [1.165, 1.54) is 4.31 Å². The van der Waals surface area contributed by atoms with Crippen LogP contribution in [0.15, 0.2) is 10.6 Å². The fraction of sp³-hybridized carbons (Fsp3) is 0.750. The third-order valence-corrected chi connectivity index (χ3v) is 5.06. The summed E-state index contributed by atoms with van der Waals surface area (Å²) in [5.74, 6) is 0.471. The van der Waals surface area contributed by atoms with Crippen LogP contribution >= 0.6 is 0 Å². The molecule has 8 heteroatoms. The number of nitrogens with zero attached hydrogens (tertiary/aromatic N) is 2. The highest BCUT2D eigenvalue weighted by molar-refractivity contribution is 7.88. The molecule has 0 unspecified atom stereocenters. The Kier molecular flexibility index (Phi) is 5.14. The number of hydrogen-bond donors (Lipinski definition) is 1. The van der Waals surface area contributed by atoms with E-state index in [2.05, 4.69) is 5.16 Å². The van der Waals surface area contributed by atoms with Crippen LogP contribution < -0.4 is 0 Å². The maximum atomic E-state index is 12.2. The van der Waals surface area contributed by atoms with E-state index in [1.54, 1.807) is 13.0 Å². The first kappa shape index (κ1) is 15.4. The van der Waals surface area contributed by atoms with Gasteiger partial charge in [-0.2, -0.15) is 0 Å². The molecule has 1 fully saturated rings. The van der Waals surface area contributed by atoms with Gasteiger partial charge in [-0.15, -0.1) is 0 Å². The molecule has 1 aliphatic heterocycles. The van der Waals surface area contributed by atoms with E-state index in [0.29, 0.717) is 44.0 Å². The van der Waals surface area contributed by atoms with Crippen LogP contribution in [0.3, 0.4) is 0 Å². The molecule has 0 aromatic carbocycles. The van der Waals surface area contributed by atoms with Crippen LogP contribution in [-0.4, -0.2) is 55.4 Å². The molecule has 0 aliphatic carbocycles. The van der Waals surface area contributed by atoms with Crippen LogP contribution in [0, 0.1) is 6.92 Å². The van der Waals surface area contributed by atoms with Crippen molar-refractivity contribution in [3.63, 3.8) is 0 Å². The van der Waals surface area contributed by atoms with Crippen molar-refractivity contribution < 1.29 is 22.8 Å². The van der Waals surface area contributed by atoms with Gasteiger partial charge in [0.15, 0.2) is 0 Å². The molecule has 1 saturated heterocycles. The van der Waals surface area contributed by atoms with Crippen molar-refractivity contribution in [1.29, 1.82) is 0 Å². The molecule has 2 rings (SSSR count). The molecule has 1 aromatic rings. The molecule has 0 amide bonds. The molecular weight excluding hydrogens is 284 g/mol. The van der Waals surface area contributed by atoms with Crippen molar-refractivity contribution in [3.05, 3.63) is 17.5 Å². The van der Waals surface area contributed by atoms with Crippen molar-refractivity contribution in [2.75, 3.05) is 26.3 Å². The van der Waals surface area contributed by atoms with Crippen molar-refractivity contribution >= 4 is 10.0 Å². The smallest absolute Gasteiger partial charge is 0.219 e. The Morgan fingerprint density at radius 1 is 1.50 bits per heavy atom. The molecule has 0 bridgehead atoms. The van der Waals surface area contributed by atoms with E-state index in [0.717, 1.165) is 0 Å². The van der Waals surface area contributed by atoms with Gasteiger partial charge in [0.2, 0.25) is 10.0 Å². The second kappa shape index (κ2) is 6.66. The summed E-state index contributed by atoms with van der Waals surface area (Å²) in [5, 5.41) is 12.4. The fourth-order valence-electron chi connectivity index (χ4n) is 2.26. The number of aromatic nitrogens is 1. The van der Waals surface area contributed by atoms with Gasteiger partial charge in [-0.3, -0.25) is 0 Å². The quantitative estimate of drug-likeness (QED) is 0.812. The predicted molar refractivity (Wildman–Crippen MR) is 71.5 cm³/mol. The van der Waals surface area contributed by atoms with Crippen LogP contribution in [0.1, 0.15) is 24.3 Å². The summed E-state index contributed by atoms with van der Waals surface area (Å²) in [6.07, 6.45) is 1.33. The van der Waals surface area contributed by atoms with Gasteiger partial charge >= 0.3 is 0 Å². The summed E-state index contributed by atoms with van der Waals surface area (Å²) in [6, 6.07) is 1.63. The number of hydrogen-bond acceptors (Lipinski definition) is 6. The Hall–Kier alpha value is -0.960. The first-order valence-electron chi connectivity index (χ1n) is 6.64. The topological polar surface area (TPSA) is 92.9 Å². The van der Waals surface area contributed by atoms with Gasteiger partial charge in [-0.25, -0.2) is 12.7 Å². The number of sulfonamides is 1. The van der Waals surface area contributed by atoms with E-state index in [4.69, 9.17) is 14.4 Å². The Morgan fingerprint density at radius 3 is 2.75 bits per heavy atom. The lowest BCUT2D eigenvalue weighted by Gasteiger charge is -2.30. The Bertz CT molecular complexity index is 520. The summed E-state index contributed by atoms with van der Waals surface area (Å²) in [4.78, 5) is 0. The van der Waals surface area contributed by atoms with E-state index in [1.807, 2.05) is 0 Å². The van der Waals surface area contributed by atoms with Gasteiger partial charge in [0, 0.05) is 19.2 Å². The first-order chi connectivity index (χ1) is 9.51. The van der Waals surface area contributed by atoms with Crippen LogP contribution in [0.5, 0.6) is 0 Å². The first-order valence-corrected chi connectivity index (χ1v) is 8.24. The minimum absolute atomic E-state index is 0.00990. The van der Waals surface area contributed by atoms with Crippen LogP contribution in [0.25, 0.3) is 0 Å². The van der Waals surface area contributed by atoms with Crippen molar-refractivity contribution in [2.45, 2.75) is 31.6 Å². The van der Waals surface area contributed by atoms with Gasteiger partial charge < -0.3 is 14.4 Å². The monoisotopic (exact) mass is 304 g/mol. The molecule has 7 nitrogen and oxygen atoms in total. The molecule has 0 saturated carbocycles. The van der Waals surface area contributed by atoms with Crippen LogP contribution in [0.4, 0.5) is 0 Å².